The predicted octanol–water partition coefficient (Wildman–Crippen LogP) is 3.14. The van der Waals surface area contributed by atoms with E-state index in [1.807, 2.05) is 6.92 Å². The first-order chi connectivity index (χ1) is 9.60. The Balaban J connectivity index is 2.88. The Morgan fingerprint density at radius 3 is 2.55 bits per heavy atom. The molecule has 0 heterocycles. The fraction of sp³-hybridized carbons (Fsp3) is 0.467. The Morgan fingerprint density at radius 2 is 1.95 bits per heavy atom. The summed E-state index contributed by atoms with van der Waals surface area (Å²) in [6, 6.07) is 6.71. The number of aromatic carboxylic acids is 1. The smallest absolute Gasteiger partial charge is 0.410 e. The molecule has 1 aromatic rings. The predicted molar refractivity (Wildman–Crippen MR) is 75.7 cm³/mol. The zero-order valence-electron chi connectivity index (χ0n) is 12.0. The zero-order valence-corrected chi connectivity index (χ0v) is 12.0. The van der Waals surface area contributed by atoms with Crippen molar-refractivity contribution in [1.29, 1.82) is 0 Å². The minimum Gasteiger partial charge on any atom is -0.478 e. The summed E-state index contributed by atoms with van der Waals surface area (Å²) in [6.45, 7) is 4.91. The molecule has 1 aromatic carbocycles. The molecule has 1 rings (SSSR count). The number of unbranched alkanes of at least 4 members (excludes halogenated alkanes) is 1. The Kier molecular flexibility index (Phi) is 6.56. The van der Waals surface area contributed by atoms with Gasteiger partial charge in [0.1, 0.15) is 0 Å². The molecule has 5 heteroatoms. The summed E-state index contributed by atoms with van der Waals surface area (Å²) < 4.78 is 5.01. The molecule has 1 N–H and O–H groups in total. The molecule has 0 fully saturated rings. The van der Waals surface area contributed by atoms with Crippen molar-refractivity contribution in [2.75, 3.05) is 13.2 Å². The third-order valence-corrected chi connectivity index (χ3v) is 2.92. The molecular formula is C15H21NO4. The van der Waals surface area contributed by atoms with Crippen LogP contribution < -0.4 is 0 Å². The van der Waals surface area contributed by atoms with Gasteiger partial charge < -0.3 is 14.7 Å². The molecule has 5 nitrogen and oxygen atoms in total. The van der Waals surface area contributed by atoms with Crippen LogP contribution in [0.3, 0.4) is 0 Å². The summed E-state index contributed by atoms with van der Waals surface area (Å²) in [5, 5.41) is 9.16. The number of rotatable bonds is 7. The largest absolute Gasteiger partial charge is 0.478 e. The van der Waals surface area contributed by atoms with E-state index in [2.05, 4.69) is 0 Å². The SMILES string of the molecule is CCCCN(Cc1ccccc1C(=O)O)C(=O)OCC. The quantitative estimate of drug-likeness (QED) is 0.832. The third-order valence-electron chi connectivity index (χ3n) is 2.92. The topological polar surface area (TPSA) is 66.8 Å². The number of carbonyl (C=O) groups excluding carboxylic acids is 1. The van der Waals surface area contributed by atoms with E-state index >= 15 is 0 Å². The van der Waals surface area contributed by atoms with E-state index < -0.39 is 12.1 Å². The highest BCUT2D eigenvalue weighted by atomic mass is 16.6. The lowest BCUT2D eigenvalue weighted by Gasteiger charge is -2.22. The molecule has 0 spiro atoms. The second-order valence-electron chi connectivity index (χ2n) is 4.44. The Labute approximate surface area is 119 Å². The normalized spacial score (nSPS) is 10.1. The van der Waals surface area contributed by atoms with E-state index in [1.54, 1.807) is 36.1 Å². The van der Waals surface area contributed by atoms with Crippen molar-refractivity contribution < 1.29 is 19.4 Å². The number of hydrogen-bond acceptors (Lipinski definition) is 3. The second kappa shape index (κ2) is 8.19. The minimum atomic E-state index is -0.986. The van der Waals surface area contributed by atoms with E-state index in [1.165, 1.54) is 0 Å². The van der Waals surface area contributed by atoms with Crippen LogP contribution in [0.15, 0.2) is 24.3 Å². The number of benzene rings is 1. The van der Waals surface area contributed by atoms with Gasteiger partial charge in [0.25, 0.3) is 0 Å². The van der Waals surface area contributed by atoms with Gasteiger partial charge in [-0.05, 0) is 25.0 Å². The molecule has 20 heavy (non-hydrogen) atoms. The Hall–Kier alpha value is -2.04. The van der Waals surface area contributed by atoms with Gasteiger partial charge in [-0.3, -0.25) is 0 Å². The standard InChI is InChI=1S/C15H21NO4/c1-3-5-10-16(15(19)20-4-2)11-12-8-6-7-9-13(12)14(17)18/h6-9H,3-5,10-11H2,1-2H3,(H,17,18). The first kappa shape index (κ1) is 16.0. The van der Waals surface area contributed by atoms with Gasteiger partial charge in [-0.2, -0.15) is 0 Å². The molecule has 0 aliphatic rings. The van der Waals surface area contributed by atoms with Crippen LogP contribution in [-0.2, 0) is 11.3 Å². The van der Waals surface area contributed by atoms with E-state index in [0.29, 0.717) is 18.7 Å². The molecule has 0 aliphatic heterocycles. The van der Waals surface area contributed by atoms with Gasteiger partial charge in [0.2, 0.25) is 0 Å². The number of carboxylic acids is 1. The van der Waals surface area contributed by atoms with Crippen LogP contribution in [0, 0.1) is 0 Å². The van der Waals surface area contributed by atoms with Crippen molar-refractivity contribution >= 4 is 12.1 Å². The van der Waals surface area contributed by atoms with Crippen molar-refractivity contribution in [2.45, 2.75) is 33.2 Å². The van der Waals surface area contributed by atoms with Gasteiger partial charge in [0.05, 0.1) is 12.2 Å². The van der Waals surface area contributed by atoms with Gasteiger partial charge in [-0.1, -0.05) is 31.5 Å². The zero-order chi connectivity index (χ0) is 15.0. The molecule has 1 amide bonds. The maximum Gasteiger partial charge on any atom is 0.410 e. The lowest BCUT2D eigenvalue weighted by atomic mass is 10.1. The molecular weight excluding hydrogens is 258 g/mol. The van der Waals surface area contributed by atoms with Crippen LogP contribution in [-0.4, -0.2) is 35.2 Å². The Morgan fingerprint density at radius 1 is 1.25 bits per heavy atom. The molecule has 0 aromatic heterocycles. The van der Waals surface area contributed by atoms with Crippen LogP contribution in [0.5, 0.6) is 0 Å². The van der Waals surface area contributed by atoms with E-state index in [-0.39, 0.29) is 12.1 Å². The fourth-order valence-corrected chi connectivity index (χ4v) is 1.87. The van der Waals surface area contributed by atoms with Gasteiger partial charge in [0.15, 0.2) is 0 Å². The van der Waals surface area contributed by atoms with E-state index in [0.717, 1.165) is 12.8 Å². The molecule has 0 unspecified atom stereocenters. The van der Waals surface area contributed by atoms with E-state index in [4.69, 9.17) is 9.84 Å². The monoisotopic (exact) mass is 279 g/mol. The van der Waals surface area contributed by atoms with E-state index in [9.17, 15) is 9.59 Å². The molecule has 0 aliphatic carbocycles. The van der Waals surface area contributed by atoms with Gasteiger partial charge >= 0.3 is 12.1 Å². The summed E-state index contributed by atoms with van der Waals surface area (Å²) in [4.78, 5) is 24.6. The number of amides is 1. The molecule has 110 valence electrons. The van der Waals surface area contributed by atoms with Gasteiger partial charge in [-0.25, -0.2) is 9.59 Å². The summed E-state index contributed by atoms with van der Waals surface area (Å²) >= 11 is 0. The van der Waals surface area contributed by atoms with Crippen molar-refractivity contribution in [1.82, 2.24) is 4.90 Å². The number of hydrogen-bond donors (Lipinski definition) is 1. The highest BCUT2D eigenvalue weighted by molar-refractivity contribution is 5.89. The second-order valence-corrected chi connectivity index (χ2v) is 4.44. The average molecular weight is 279 g/mol. The molecule has 0 saturated carbocycles. The summed E-state index contributed by atoms with van der Waals surface area (Å²) in [5.41, 5.74) is 0.836. The fourth-order valence-electron chi connectivity index (χ4n) is 1.87. The number of ether oxygens (including phenoxy) is 1. The van der Waals surface area contributed by atoms with Gasteiger partial charge in [0, 0.05) is 13.1 Å². The summed E-state index contributed by atoms with van der Waals surface area (Å²) in [5.74, 6) is -0.986. The van der Waals surface area contributed by atoms with Crippen LogP contribution in [0.1, 0.15) is 42.6 Å². The molecule has 0 atom stereocenters. The molecule has 0 radical (unpaired) electrons. The lowest BCUT2D eigenvalue weighted by Crippen LogP contribution is -2.32. The number of nitrogens with zero attached hydrogens (tertiary/aromatic N) is 1. The number of carbonyl (C=O) groups is 2. The first-order valence-corrected chi connectivity index (χ1v) is 6.83. The maximum atomic E-state index is 11.9. The third kappa shape index (κ3) is 4.57. The summed E-state index contributed by atoms with van der Waals surface area (Å²) in [7, 11) is 0. The lowest BCUT2D eigenvalue weighted by molar-refractivity contribution is 0.0691. The highest BCUT2D eigenvalue weighted by Gasteiger charge is 2.17. The van der Waals surface area contributed by atoms with Crippen LogP contribution in [0.2, 0.25) is 0 Å². The number of carboxylic acid groups (broad SMARTS) is 1. The highest BCUT2D eigenvalue weighted by Crippen LogP contribution is 2.13. The Bertz CT molecular complexity index is 459. The molecule has 0 bridgehead atoms. The minimum absolute atomic E-state index is 0.221. The molecule has 0 saturated heterocycles. The van der Waals surface area contributed by atoms with Gasteiger partial charge in [-0.15, -0.1) is 0 Å². The van der Waals surface area contributed by atoms with Crippen molar-refractivity contribution in [3.05, 3.63) is 35.4 Å². The van der Waals surface area contributed by atoms with Crippen LogP contribution in [0.4, 0.5) is 4.79 Å². The summed E-state index contributed by atoms with van der Waals surface area (Å²) in [6.07, 6.45) is 1.41. The van der Waals surface area contributed by atoms with Crippen LogP contribution in [0.25, 0.3) is 0 Å². The maximum absolute atomic E-state index is 11.9. The van der Waals surface area contributed by atoms with Crippen molar-refractivity contribution in [3.8, 4) is 0 Å². The first-order valence-electron chi connectivity index (χ1n) is 6.83. The van der Waals surface area contributed by atoms with Crippen molar-refractivity contribution in [3.63, 3.8) is 0 Å². The van der Waals surface area contributed by atoms with Crippen LogP contribution >= 0.6 is 0 Å². The average Bonchev–Trinajstić information content (AvgIpc) is 2.43. The van der Waals surface area contributed by atoms with Crippen molar-refractivity contribution in [2.24, 2.45) is 0 Å².